The van der Waals surface area contributed by atoms with E-state index < -0.39 is 17.2 Å². The van der Waals surface area contributed by atoms with Crippen LogP contribution in [0.25, 0.3) is 10.9 Å². The second kappa shape index (κ2) is 14.2. The van der Waals surface area contributed by atoms with Gasteiger partial charge in [-0.1, -0.05) is 20.3 Å². The van der Waals surface area contributed by atoms with E-state index in [4.69, 9.17) is 24.2 Å². The molecule has 1 aromatic carbocycles. The van der Waals surface area contributed by atoms with Gasteiger partial charge in [0.25, 0.3) is 0 Å². The van der Waals surface area contributed by atoms with Crippen molar-refractivity contribution in [3.05, 3.63) is 47.3 Å². The lowest BCUT2D eigenvalue weighted by atomic mass is 9.78. The molecular weight excluding hydrogens is 630 g/mol. The van der Waals surface area contributed by atoms with Crippen molar-refractivity contribution in [1.29, 1.82) is 0 Å². The quantitative estimate of drug-likeness (QED) is 0.299. The fourth-order valence-corrected chi connectivity index (χ4v) is 7.32. The molecule has 1 spiro atoms. The molecule has 7 rings (SSSR count). The van der Waals surface area contributed by atoms with Gasteiger partial charge in [0, 0.05) is 82.1 Å². The van der Waals surface area contributed by atoms with Crippen molar-refractivity contribution in [2.75, 3.05) is 86.9 Å². The zero-order valence-corrected chi connectivity index (χ0v) is 29.8. The van der Waals surface area contributed by atoms with Gasteiger partial charge in [0.15, 0.2) is 0 Å². The minimum absolute atomic E-state index is 0.255. The van der Waals surface area contributed by atoms with E-state index in [0.717, 1.165) is 54.6 Å². The maximum atomic E-state index is 15.9. The largest absolute Gasteiger partial charge is 0.444 e. The summed E-state index contributed by atoms with van der Waals surface area (Å²) in [4.78, 5) is 31.0. The van der Waals surface area contributed by atoms with E-state index in [9.17, 15) is 9.18 Å². The van der Waals surface area contributed by atoms with Gasteiger partial charge in [0.2, 0.25) is 0 Å². The minimum atomic E-state index is -0.674. The SMILES string of the molecule is CCC.Cc1c(N2CCN(C(=O)OC(C)(C)C)CC2)nc2cc(F)cc(F)c2c1N1CC2(CCOCC2)c2ncc(N3CCOCC3)cc21. The summed E-state index contributed by atoms with van der Waals surface area (Å²) >= 11 is 0. The number of benzene rings is 1. The average molecular weight is 681 g/mol. The molecule has 3 aromatic rings. The number of rotatable bonds is 3. The van der Waals surface area contributed by atoms with Crippen LogP contribution >= 0.6 is 0 Å². The molecule has 266 valence electrons. The number of fused-ring (bicyclic) bond motifs is 3. The number of morpholine rings is 1. The summed E-state index contributed by atoms with van der Waals surface area (Å²) in [7, 11) is 0. The molecule has 10 nitrogen and oxygen atoms in total. The van der Waals surface area contributed by atoms with Gasteiger partial charge in [0.1, 0.15) is 23.1 Å². The third-order valence-corrected chi connectivity index (χ3v) is 9.62. The molecule has 12 heteroatoms. The number of ether oxygens (including phenoxy) is 3. The number of hydrogen-bond donors (Lipinski definition) is 0. The van der Waals surface area contributed by atoms with E-state index in [-0.39, 0.29) is 17.0 Å². The Kier molecular flexibility index (Phi) is 10.2. The highest BCUT2D eigenvalue weighted by molar-refractivity contribution is 5.99. The fraction of sp³-hybridized carbons (Fsp3) is 0.595. The van der Waals surface area contributed by atoms with Crippen LogP contribution in [-0.4, -0.2) is 98.8 Å². The molecule has 6 heterocycles. The monoisotopic (exact) mass is 680 g/mol. The summed E-state index contributed by atoms with van der Waals surface area (Å²) < 4.78 is 47.6. The number of halogens is 2. The van der Waals surface area contributed by atoms with Gasteiger partial charge in [-0.2, -0.15) is 0 Å². The van der Waals surface area contributed by atoms with Crippen LogP contribution in [0.4, 0.5) is 36.5 Å². The second-order valence-electron chi connectivity index (χ2n) is 14.5. The maximum Gasteiger partial charge on any atom is 0.410 e. The van der Waals surface area contributed by atoms with Gasteiger partial charge >= 0.3 is 6.09 Å². The molecule has 0 saturated carbocycles. The van der Waals surface area contributed by atoms with Gasteiger partial charge in [-0.05, 0) is 46.6 Å². The van der Waals surface area contributed by atoms with Crippen molar-refractivity contribution in [3.63, 3.8) is 0 Å². The number of carbonyl (C=O) groups is 1. The first-order valence-corrected chi connectivity index (χ1v) is 17.7. The molecule has 0 atom stereocenters. The first-order valence-electron chi connectivity index (χ1n) is 17.7. The molecule has 0 bridgehead atoms. The standard InChI is InChI=1S/C34H42F2N6O4.C3H8/c1-22-29(42-21-34(5-13-44-14-6-34)30-27(42)19-24(20-37-30)39-11-15-45-16-12-39)28-25(36)17-23(35)18-26(28)38-31(22)40-7-9-41(10-8-40)32(43)46-33(2,3)4;1-3-2/h17-20H,5-16,21H2,1-4H3;3H2,1-2H3. The van der Waals surface area contributed by atoms with Crippen LogP contribution in [-0.2, 0) is 19.6 Å². The number of hydrogen-bond acceptors (Lipinski definition) is 9. The van der Waals surface area contributed by atoms with Crippen LogP contribution in [0.3, 0.4) is 0 Å². The van der Waals surface area contributed by atoms with Crippen LogP contribution in [0, 0.1) is 18.6 Å². The van der Waals surface area contributed by atoms with Gasteiger partial charge in [-0.25, -0.2) is 18.6 Å². The summed E-state index contributed by atoms with van der Waals surface area (Å²) in [6.45, 7) is 18.4. The van der Waals surface area contributed by atoms with E-state index in [2.05, 4.69) is 34.6 Å². The average Bonchev–Trinajstić information content (AvgIpc) is 3.37. The summed E-state index contributed by atoms with van der Waals surface area (Å²) in [6.07, 6.45) is 4.46. The minimum Gasteiger partial charge on any atom is -0.444 e. The van der Waals surface area contributed by atoms with Crippen molar-refractivity contribution in [2.45, 2.75) is 71.8 Å². The fourth-order valence-electron chi connectivity index (χ4n) is 7.32. The Morgan fingerprint density at radius 3 is 2.24 bits per heavy atom. The van der Waals surface area contributed by atoms with Crippen molar-refractivity contribution < 1.29 is 27.8 Å². The number of anilines is 4. The number of aromatic nitrogens is 2. The van der Waals surface area contributed by atoms with Crippen LogP contribution in [0.5, 0.6) is 0 Å². The highest BCUT2D eigenvalue weighted by Crippen LogP contribution is 2.52. The van der Waals surface area contributed by atoms with E-state index in [1.54, 1.807) is 4.90 Å². The Bertz CT molecular complexity index is 1660. The smallest absolute Gasteiger partial charge is 0.410 e. The third kappa shape index (κ3) is 7.12. The molecule has 3 fully saturated rings. The molecule has 0 aliphatic carbocycles. The van der Waals surface area contributed by atoms with E-state index >= 15 is 4.39 Å². The zero-order valence-electron chi connectivity index (χ0n) is 29.8. The van der Waals surface area contributed by atoms with Gasteiger partial charge in [0.05, 0.1) is 53.1 Å². The van der Waals surface area contributed by atoms with Gasteiger partial charge in [-0.3, -0.25) is 4.98 Å². The van der Waals surface area contributed by atoms with Crippen molar-refractivity contribution >= 4 is 39.9 Å². The van der Waals surface area contributed by atoms with Gasteiger partial charge in [-0.15, -0.1) is 0 Å². The number of nitrogens with zero attached hydrogens (tertiary/aromatic N) is 6. The lowest BCUT2D eigenvalue weighted by molar-refractivity contribution is 0.0240. The second-order valence-corrected chi connectivity index (χ2v) is 14.5. The first kappa shape index (κ1) is 35.1. The predicted octanol–water partition coefficient (Wildman–Crippen LogP) is 6.73. The third-order valence-electron chi connectivity index (χ3n) is 9.62. The molecule has 4 aliphatic heterocycles. The summed E-state index contributed by atoms with van der Waals surface area (Å²) in [5.41, 5.74) is 3.82. The molecule has 0 radical (unpaired) electrons. The van der Waals surface area contributed by atoms with Crippen molar-refractivity contribution in [1.82, 2.24) is 14.9 Å². The van der Waals surface area contributed by atoms with E-state index in [1.807, 2.05) is 33.9 Å². The van der Waals surface area contributed by atoms with E-state index in [0.29, 0.717) is 76.0 Å². The molecule has 49 heavy (non-hydrogen) atoms. The van der Waals surface area contributed by atoms with Crippen LogP contribution < -0.4 is 14.7 Å². The van der Waals surface area contributed by atoms with Gasteiger partial charge < -0.3 is 33.8 Å². The van der Waals surface area contributed by atoms with Crippen molar-refractivity contribution in [3.8, 4) is 0 Å². The maximum absolute atomic E-state index is 15.9. The highest BCUT2D eigenvalue weighted by Gasteiger charge is 2.47. The molecule has 2 aromatic heterocycles. The van der Waals surface area contributed by atoms with Crippen LogP contribution in [0.15, 0.2) is 24.4 Å². The van der Waals surface area contributed by atoms with Crippen LogP contribution in [0.2, 0.25) is 0 Å². The lowest BCUT2D eigenvalue weighted by Crippen LogP contribution is -2.50. The zero-order chi connectivity index (χ0) is 34.9. The molecule has 4 aliphatic rings. The lowest BCUT2D eigenvalue weighted by Gasteiger charge is -2.38. The molecule has 3 saturated heterocycles. The Labute approximate surface area is 288 Å². The summed E-state index contributed by atoms with van der Waals surface area (Å²) in [5, 5.41) is 0.293. The Balaban J connectivity index is 0.00000134. The Morgan fingerprint density at radius 2 is 1.59 bits per heavy atom. The number of piperazine rings is 1. The Hall–Kier alpha value is -3.77. The molecule has 0 N–H and O–H groups in total. The Morgan fingerprint density at radius 1 is 0.939 bits per heavy atom. The number of carbonyl (C=O) groups excluding carboxylic acids is 1. The van der Waals surface area contributed by atoms with Crippen LogP contribution in [0.1, 0.15) is 65.1 Å². The normalized spacial score (nSPS) is 19.2. The summed E-state index contributed by atoms with van der Waals surface area (Å²) in [5.74, 6) is -0.663. The topological polar surface area (TPSA) is 83.5 Å². The molecule has 0 unspecified atom stereocenters. The first-order chi connectivity index (χ1) is 23.4. The highest BCUT2D eigenvalue weighted by atomic mass is 19.1. The van der Waals surface area contributed by atoms with Crippen molar-refractivity contribution in [2.24, 2.45) is 0 Å². The molecular formula is C37H50F2N6O4. The van der Waals surface area contributed by atoms with E-state index in [1.165, 1.54) is 12.5 Å². The summed E-state index contributed by atoms with van der Waals surface area (Å²) in [6, 6.07) is 4.42. The predicted molar refractivity (Wildman–Crippen MR) is 188 cm³/mol. The number of pyridine rings is 2. The number of amides is 1. The molecule has 1 amide bonds.